The molecule has 4 aromatic rings. The normalized spacial score (nSPS) is 14.6. The summed E-state index contributed by atoms with van der Waals surface area (Å²) in [5, 5.41) is 11.4. The van der Waals surface area contributed by atoms with Gasteiger partial charge in [-0.15, -0.1) is 10.2 Å². The fourth-order valence-corrected chi connectivity index (χ4v) is 4.05. The van der Waals surface area contributed by atoms with Crippen molar-refractivity contribution in [2.45, 2.75) is 17.7 Å². The van der Waals surface area contributed by atoms with Crippen molar-refractivity contribution in [3.63, 3.8) is 0 Å². The Kier molecular flexibility index (Phi) is 6.25. The van der Waals surface area contributed by atoms with Crippen LogP contribution in [-0.2, 0) is 11.2 Å². The number of carbonyl (C=O) groups is 1. The molecule has 0 spiro atoms. The van der Waals surface area contributed by atoms with E-state index in [1.165, 1.54) is 17.3 Å². The van der Waals surface area contributed by atoms with Gasteiger partial charge in [0.25, 0.3) is 11.1 Å². The zero-order chi connectivity index (χ0) is 22.5. The molecule has 5 rings (SSSR count). The van der Waals surface area contributed by atoms with E-state index in [4.69, 9.17) is 13.9 Å². The largest absolute Gasteiger partial charge is 0.485 e. The van der Waals surface area contributed by atoms with Gasteiger partial charge in [0, 0.05) is 5.69 Å². The summed E-state index contributed by atoms with van der Waals surface area (Å²) in [6.07, 6.45) is 0.254. The minimum absolute atomic E-state index is 0.145. The number of fused-ring (bicyclic) bond motifs is 1. The number of aromatic nitrogens is 2. The zero-order valence-corrected chi connectivity index (χ0v) is 18.5. The van der Waals surface area contributed by atoms with Gasteiger partial charge in [-0.2, -0.15) is 0 Å². The second-order valence-electron chi connectivity index (χ2n) is 7.43. The molecule has 1 N–H and O–H groups in total. The third-order valence-corrected chi connectivity index (χ3v) is 5.88. The standard InChI is InChI=1S/C25H21N3O4S/c29-23(26-19-11-5-4-10-18(19)14-17-8-2-1-3-9-17)16-33-25-28-27-24(32-25)22-15-30-20-12-6-7-13-21(20)31-22/h1-13,22H,14-16H2,(H,26,29)/t22-/m0/s1. The van der Waals surface area contributed by atoms with E-state index in [9.17, 15) is 4.79 Å². The van der Waals surface area contributed by atoms with Crippen LogP contribution in [0.5, 0.6) is 11.5 Å². The number of nitrogens with one attached hydrogen (secondary N) is 1. The Balaban J connectivity index is 1.17. The molecule has 0 saturated carbocycles. The summed E-state index contributed by atoms with van der Waals surface area (Å²) in [6.45, 7) is 0.280. The van der Waals surface area contributed by atoms with Gasteiger partial charge >= 0.3 is 0 Å². The van der Waals surface area contributed by atoms with Crippen molar-refractivity contribution >= 4 is 23.4 Å². The Labute approximate surface area is 195 Å². The molecule has 3 aromatic carbocycles. The molecule has 0 radical (unpaired) electrons. The van der Waals surface area contributed by atoms with Crippen molar-refractivity contribution in [2.24, 2.45) is 0 Å². The van der Waals surface area contributed by atoms with E-state index in [1.54, 1.807) is 0 Å². The monoisotopic (exact) mass is 459 g/mol. The highest BCUT2D eigenvalue weighted by Gasteiger charge is 2.27. The van der Waals surface area contributed by atoms with Crippen molar-refractivity contribution < 1.29 is 18.7 Å². The summed E-state index contributed by atoms with van der Waals surface area (Å²) in [5.74, 6) is 1.64. The highest BCUT2D eigenvalue weighted by molar-refractivity contribution is 7.99. The first-order valence-electron chi connectivity index (χ1n) is 10.5. The number of amides is 1. The molecule has 1 amide bonds. The molecular weight excluding hydrogens is 438 g/mol. The zero-order valence-electron chi connectivity index (χ0n) is 17.6. The van der Waals surface area contributed by atoms with E-state index < -0.39 is 6.10 Å². The molecule has 33 heavy (non-hydrogen) atoms. The summed E-state index contributed by atoms with van der Waals surface area (Å²) in [7, 11) is 0. The van der Waals surface area contributed by atoms with Gasteiger partial charge in [-0.3, -0.25) is 4.79 Å². The molecule has 0 aliphatic carbocycles. The number of hydrogen-bond donors (Lipinski definition) is 1. The van der Waals surface area contributed by atoms with Crippen LogP contribution in [0.3, 0.4) is 0 Å². The average molecular weight is 460 g/mol. The van der Waals surface area contributed by atoms with Crippen molar-refractivity contribution in [1.29, 1.82) is 0 Å². The van der Waals surface area contributed by atoms with Crippen LogP contribution in [0.1, 0.15) is 23.1 Å². The van der Waals surface area contributed by atoms with E-state index in [1.807, 2.05) is 66.7 Å². The molecule has 0 saturated heterocycles. The Morgan fingerprint density at radius 1 is 0.939 bits per heavy atom. The molecule has 0 fully saturated rings. The van der Waals surface area contributed by atoms with E-state index in [0.717, 1.165) is 17.7 Å². The molecule has 2 heterocycles. The number of anilines is 1. The van der Waals surface area contributed by atoms with Crippen molar-refractivity contribution in [3.05, 3.63) is 95.9 Å². The number of thioether (sulfide) groups is 1. The second kappa shape index (κ2) is 9.79. The lowest BCUT2D eigenvalue weighted by atomic mass is 10.0. The molecule has 7 nitrogen and oxygen atoms in total. The van der Waals surface area contributed by atoms with Crippen LogP contribution >= 0.6 is 11.8 Å². The first-order chi connectivity index (χ1) is 16.2. The molecule has 1 aliphatic rings. The number of rotatable bonds is 7. The number of para-hydroxylation sites is 3. The first-order valence-corrected chi connectivity index (χ1v) is 11.5. The molecule has 0 unspecified atom stereocenters. The first kappa shape index (κ1) is 21.1. The van der Waals surface area contributed by atoms with Crippen molar-refractivity contribution in [1.82, 2.24) is 10.2 Å². The number of ether oxygens (including phenoxy) is 2. The Hall–Kier alpha value is -3.78. The van der Waals surface area contributed by atoms with Gasteiger partial charge in [0.05, 0.1) is 5.75 Å². The van der Waals surface area contributed by atoms with E-state index in [-0.39, 0.29) is 18.3 Å². The maximum Gasteiger partial charge on any atom is 0.277 e. The highest BCUT2D eigenvalue weighted by atomic mass is 32.2. The van der Waals surface area contributed by atoms with Gasteiger partial charge in [-0.05, 0) is 35.7 Å². The Bertz CT molecular complexity index is 1250. The number of carbonyl (C=O) groups excluding carboxylic acids is 1. The van der Waals surface area contributed by atoms with Crippen LogP contribution in [0.25, 0.3) is 0 Å². The van der Waals surface area contributed by atoms with E-state index in [0.29, 0.717) is 22.6 Å². The Morgan fingerprint density at radius 2 is 1.70 bits per heavy atom. The lowest BCUT2D eigenvalue weighted by molar-refractivity contribution is -0.113. The summed E-state index contributed by atoms with van der Waals surface area (Å²) in [6, 6.07) is 25.4. The van der Waals surface area contributed by atoms with Crippen LogP contribution in [-0.4, -0.2) is 28.5 Å². The van der Waals surface area contributed by atoms with Gasteiger partial charge < -0.3 is 19.2 Å². The van der Waals surface area contributed by atoms with Crippen LogP contribution < -0.4 is 14.8 Å². The molecule has 8 heteroatoms. The smallest absolute Gasteiger partial charge is 0.277 e. The lowest BCUT2D eigenvalue weighted by Gasteiger charge is -2.23. The quantitative estimate of drug-likeness (QED) is 0.393. The van der Waals surface area contributed by atoms with Crippen molar-refractivity contribution in [3.8, 4) is 11.5 Å². The highest BCUT2D eigenvalue weighted by Crippen LogP contribution is 2.36. The molecular formula is C25H21N3O4S. The molecule has 0 bridgehead atoms. The number of hydrogen-bond acceptors (Lipinski definition) is 7. The minimum atomic E-state index is -0.486. The predicted molar refractivity (Wildman–Crippen MR) is 125 cm³/mol. The topological polar surface area (TPSA) is 86.5 Å². The fourth-order valence-electron chi connectivity index (χ4n) is 3.48. The SMILES string of the molecule is O=C(CSc1nnc([C@@H]2COc3ccccc3O2)o1)Nc1ccccc1Cc1ccccc1. The summed E-state index contributed by atoms with van der Waals surface area (Å²) >= 11 is 1.18. The van der Waals surface area contributed by atoms with Crippen LogP contribution in [0, 0.1) is 0 Å². The minimum Gasteiger partial charge on any atom is -0.485 e. The van der Waals surface area contributed by atoms with Gasteiger partial charge in [0.15, 0.2) is 11.5 Å². The number of nitrogens with zero attached hydrogens (tertiary/aromatic N) is 2. The van der Waals surface area contributed by atoms with Gasteiger partial charge in [0.1, 0.15) is 6.61 Å². The Morgan fingerprint density at radius 3 is 2.58 bits per heavy atom. The maximum atomic E-state index is 12.6. The summed E-state index contributed by atoms with van der Waals surface area (Å²) in [4.78, 5) is 12.6. The molecule has 1 aliphatic heterocycles. The fraction of sp³-hybridized carbons (Fsp3) is 0.160. The van der Waals surface area contributed by atoms with Crippen LogP contribution in [0.15, 0.2) is 88.5 Å². The lowest BCUT2D eigenvalue weighted by Crippen LogP contribution is -2.21. The average Bonchev–Trinajstić information content (AvgIpc) is 3.34. The molecule has 1 aromatic heterocycles. The molecule has 166 valence electrons. The van der Waals surface area contributed by atoms with Gasteiger partial charge in [-0.25, -0.2) is 0 Å². The van der Waals surface area contributed by atoms with Crippen molar-refractivity contribution in [2.75, 3.05) is 17.7 Å². The number of benzene rings is 3. The second-order valence-corrected chi connectivity index (χ2v) is 8.35. The molecule has 1 atom stereocenters. The summed E-state index contributed by atoms with van der Waals surface area (Å²) < 4.78 is 17.3. The predicted octanol–water partition coefficient (Wildman–Crippen LogP) is 4.90. The third kappa shape index (κ3) is 5.18. The van der Waals surface area contributed by atoms with Gasteiger partial charge in [-0.1, -0.05) is 72.4 Å². The van der Waals surface area contributed by atoms with Gasteiger partial charge in [0.2, 0.25) is 12.0 Å². The maximum absolute atomic E-state index is 12.6. The van der Waals surface area contributed by atoms with Crippen LogP contribution in [0.2, 0.25) is 0 Å². The third-order valence-electron chi connectivity index (χ3n) is 5.06. The van der Waals surface area contributed by atoms with E-state index in [2.05, 4.69) is 27.6 Å². The van der Waals surface area contributed by atoms with Crippen LogP contribution in [0.4, 0.5) is 5.69 Å². The van der Waals surface area contributed by atoms with E-state index >= 15 is 0 Å². The summed E-state index contributed by atoms with van der Waals surface area (Å²) in [5.41, 5.74) is 3.03.